The van der Waals surface area contributed by atoms with Crippen LogP contribution < -0.4 is 15.7 Å². The van der Waals surface area contributed by atoms with Gasteiger partial charge in [-0.25, -0.2) is 0 Å². The monoisotopic (exact) mass is 344 g/mol. The van der Waals surface area contributed by atoms with Crippen LogP contribution in [0.3, 0.4) is 0 Å². The molecule has 0 saturated heterocycles. The lowest BCUT2D eigenvalue weighted by Gasteiger charge is -2.15. The van der Waals surface area contributed by atoms with E-state index in [1.165, 1.54) is 0 Å². The predicted molar refractivity (Wildman–Crippen MR) is 91.7 cm³/mol. The molecule has 0 aliphatic heterocycles. The van der Waals surface area contributed by atoms with E-state index in [0.717, 1.165) is 23.8 Å². The van der Waals surface area contributed by atoms with Gasteiger partial charge < -0.3 is 15.7 Å². The van der Waals surface area contributed by atoms with Crippen LogP contribution in [0.15, 0.2) is 48.5 Å². The molecule has 0 aliphatic rings. The first kappa shape index (κ1) is 17.4. The molecule has 1 amide bonds. The lowest BCUT2D eigenvalue weighted by Crippen LogP contribution is -2.34. The number of hydrogen-bond acceptors (Lipinski definition) is 5. The van der Waals surface area contributed by atoms with E-state index in [1.54, 1.807) is 0 Å². The Bertz CT molecular complexity index is 765. The van der Waals surface area contributed by atoms with Crippen molar-refractivity contribution in [2.75, 3.05) is 5.32 Å². The van der Waals surface area contributed by atoms with Crippen molar-refractivity contribution in [1.29, 1.82) is 0 Å². The summed E-state index contributed by atoms with van der Waals surface area (Å²) in [5, 5.41) is 27.3. The summed E-state index contributed by atoms with van der Waals surface area (Å²) >= 11 is 4.96. The highest BCUT2D eigenvalue weighted by Crippen LogP contribution is 2.25. The third-order valence-electron chi connectivity index (χ3n) is 3.16. The number of aryl methyl sites for hydroxylation is 1. The maximum Gasteiger partial charge on any atom is 0.271 e. The molecule has 0 spiro atoms. The van der Waals surface area contributed by atoms with Crippen LogP contribution in [0.2, 0.25) is 0 Å². The van der Waals surface area contributed by atoms with Crippen LogP contribution in [0.1, 0.15) is 12.0 Å². The molecular weight excluding hydrogens is 330 g/mol. The van der Waals surface area contributed by atoms with Gasteiger partial charge in [0.05, 0.1) is 4.92 Å². The molecule has 2 aromatic carbocycles. The van der Waals surface area contributed by atoms with Gasteiger partial charge in [0.1, 0.15) is 0 Å². The normalized spacial score (nSPS) is 10.0. The Morgan fingerprint density at radius 3 is 2.54 bits per heavy atom. The number of thiocarbonyl (C=S) groups is 1. The Morgan fingerprint density at radius 1 is 1.17 bits per heavy atom. The molecule has 24 heavy (non-hydrogen) atoms. The van der Waals surface area contributed by atoms with E-state index in [1.807, 2.05) is 30.3 Å². The standard InChI is InChI=1S/C16H15N3O4S/c20-14-8-7-12(19(22)23)10-13(14)17-16(24)18-15(21)9-6-11-4-2-1-3-5-11/h1-5,7-8,10,20H,6,9H2,(H2,17,18,21,24)/p-1. The summed E-state index contributed by atoms with van der Waals surface area (Å²) in [5.41, 5.74) is 0.722. The topological polar surface area (TPSA) is 107 Å². The van der Waals surface area contributed by atoms with Crippen molar-refractivity contribution in [3.05, 3.63) is 64.2 Å². The highest BCUT2D eigenvalue weighted by molar-refractivity contribution is 7.80. The van der Waals surface area contributed by atoms with Crippen molar-refractivity contribution in [1.82, 2.24) is 5.32 Å². The minimum Gasteiger partial charge on any atom is -0.871 e. The van der Waals surface area contributed by atoms with Crippen LogP contribution >= 0.6 is 12.2 Å². The van der Waals surface area contributed by atoms with Crippen molar-refractivity contribution in [2.45, 2.75) is 12.8 Å². The number of carbonyl (C=O) groups is 1. The fraction of sp³-hybridized carbons (Fsp3) is 0.125. The minimum absolute atomic E-state index is 0.0578. The fourth-order valence-electron chi connectivity index (χ4n) is 1.97. The molecule has 0 heterocycles. The van der Waals surface area contributed by atoms with Crippen molar-refractivity contribution in [3.8, 4) is 5.75 Å². The summed E-state index contributed by atoms with van der Waals surface area (Å²) < 4.78 is 0. The Morgan fingerprint density at radius 2 is 1.88 bits per heavy atom. The predicted octanol–water partition coefficient (Wildman–Crippen LogP) is 2.11. The van der Waals surface area contributed by atoms with E-state index in [2.05, 4.69) is 10.6 Å². The van der Waals surface area contributed by atoms with Gasteiger partial charge in [0.15, 0.2) is 5.11 Å². The number of rotatable bonds is 5. The molecule has 0 bridgehead atoms. The van der Waals surface area contributed by atoms with Gasteiger partial charge in [-0.3, -0.25) is 14.9 Å². The molecule has 0 aliphatic carbocycles. The quantitative estimate of drug-likeness (QED) is 0.489. The van der Waals surface area contributed by atoms with E-state index in [4.69, 9.17) is 12.2 Å². The number of nitro benzene ring substituents is 1. The molecule has 124 valence electrons. The van der Waals surface area contributed by atoms with Gasteiger partial charge in [-0.05, 0) is 24.2 Å². The van der Waals surface area contributed by atoms with E-state index in [-0.39, 0.29) is 28.8 Å². The zero-order valence-electron chi connectivity index (χ0n) is 12.5. The molecule has 2 rings (SSSR count). The van der Waals surface area contributed by atoms with Crippen LogP contribution in [0.25, 0.3) is 0 Å². The van der Waals surface area contributed by atoms with Crippen LogP contribution in [-0.2, 0) is 11.2 Å². The Kier molecular flexibility index (Phi) is 5.80. The third kappa shape index (κ3) is 5.03. The number of benzene rings is 2. The Hall–Kier alpha value is -3.00. The van der Waals surface area contributed by atoms with Gasteiger partial charge in [0, 0.05) is 24.2 Å². The summed E-state index contributed by atoms with van der Waals surface area (Å²) in [4.78, 5) is 22.0. The van der Waals surface area contributed by atoms with Gasteiger partial charge in [0.2, 0.25) is 5.91 Å². The van der Waals surface area contributed by atoms with E-state index in [9.17, 15) is 20.0 Å². The summed E-state index contributed by atoms with van der Waals surface area (Å²) in [6, 6.07) is 12.7. The van der Waals surface area contributed by atoms with E-state index in [0.29, 0.717) is 6.42 Å². The first-order chi connectivity index (χ1) is 11.5. The van der Waals surface area contributed by atoms with E-state index >= 15 is 0 Å². The van der Waals surface area contributed by atoms with Crippen LogP contribution in [-0.4, -0.2) is 15.9 Å². The first-order valence-corrected chi connectivity index (χ1v) is 7.47. The highest BCUT2D eigenvalue weighted by Gasteiger charge is 2.09. The number of non-ortho nitro benzene ring substituents is 1. The maximum absolute atomic E-state index is 11.9. The number of nitrogens with zero attached hydrogens (tertiary/aromatic N) is 1. The molecule has 0 atom stereocenters. The third-order valence-corrected chi connectivity index (χ3v) is 3.36. The number of nitrogens with one attached hydrogen (secondary N) is 2. The van der Waals surface area contributed by atoms with Crippen LogP contribution in [0.5, 0.6) is 5.75 Å². The van der Waals surface area contributed by atoms with Crippen molar-refractivity contribution >= 4 is 34.6 Å². The zero-order valence-corrected chi connectivity index (χ0v) is 13.3. The summed E-state index contributed by atoms with van der Waals surface area (Å²) in [6.45, 7) is 0. The number of carbonyl (C=O) groups excluding carboxylic acids is 1. The molecule has 0 saturated carbocycles. The molecule has 8 heteroatoms. The lowest BCUT2D eigenvalue weighted by atomic mass is 10.1. The zero-order chi connectivity index (χ0) is 17.5. The lowest BCUT2D eigenvalue weighted by molar-refractivity contribution is -0.385. The summed E-state index contributed by atoms with van der Waals surface area (Å²) in [7, 11) is 0. The van der Waals surface area contributed by atoms with Gasteiger partial charge in [-0.1, -0.05) is 42.1 Å². The molecule has 0 unspecified atom stereocenters. The largest absolute Gasteiger partial charge is 0.871 e. The second-order valence-corrected chi connectivity index (χ2v) is 5.33. The fourth-order valence-corrected chi connectivity index (χ4v) is 2.20. The number of amides is 1. The number of nitro groups is 1. The van der Waals surface area contributed by atoms with Crippen molar-refractivity contribution in [3.63, 3.8) is 0 Å². The molecule has 7 nitrogen and oxygen atoms in total. The second-order valence-electron chi connectivity index (χ2n) is 4.93. The maximum atomic E-state index is 11.9. The minimum atomic E-state index is -0.619. The molecule has 0 aromatic heterocycles. The van der Waals surface area contributed by atoms with Crippen molar-refractivity contribution < 1.29 is 14.8 Å². The summed E-state index contributed by atoms with van der Waals surface area (Å²) in [6.07, 6.45) is 0.782. The van der Waals surface area contributed by atoms with Gasteiger partial charge in [0.25, 0.3) is 5.69 Å². The first-order valence-electron chi connectivity index (χ1n) is 7.06. The molecule has 2 N–H and O–H groups in total. The summed E-state index contributed by atoms with van der Waals surface area (Å²) in [5.74, 6) is -0.768. The van der Waals surface area contributed by atoms with Crippen LogP contribution in [0.4, 0.5) is 11.4 Å². The van der Waals surface area contributed by atoms with Gasteiger partial charge in [-0.15, -0.1) is 0 Å². The van der Waals surface area contributed by atoms with Crippen LogP contribution in [0, 0.1) is 10.1 Å². The number of anilines is 1. The average Bonchev–Trinajstić information content (AvgIpc) is 2.55. The van der Waals surface area contributed by atoms with Gasteiger partial charge in [-0.2, -0.15) is 0 Å². The molecule has 0 fully saturated rings. The Balaban J connectivity index is 1.90. The smallest absolute Gasteiger partial charge is 0.271 e. The van der Waals surface area contributed by atoms with E-state index < -0.39 is 10.7 Å². The van der Waals surface area contributed by atoms with Gasteiger partial charge >= 0.3 is 0 Å². The number of hydrogen-bond donors (Lipinski definition) is 2. The molecular formula is C16H14N3O4S-. The SMILES string of the molecule is O=C(CCc1ccccc1)NC(=S)Nc1cc([N+](=O)[O-])ccc1[O-]. The molecule has 0 radical (unpaired) electrons. The van der Waals surface area contributed by atoms with Crippen molar-refractivity contribution in [2.24, 2.45) is 0 Å². The molecule has 2 aromatic rings. The Labute approximate surface area is 143 Å². The second kappa shape index (κ2) is 8.02. The average molecular weight is 344 g/mol. The highest BCUT2D eigenvalue weighted by atomic mass is 32.1.